The summed E-state index contributed by atoms with van der Waals surface area (Å²) in [7, 11) is 0. The molecule has 0 saturated heterocycles. The molecule has 0 aliphatic carbocycles. The minimum absolute atomic E-state index is 0.0382. The second-order valence-electron chi connectivity index (χ2n) is 6.98. The van der Waals surface area contributed by atoms with Gasteiger partial charge in [-0.25, -0.2) is 9.97 Å². The number of imidazole rings is 1. The van der Waals surface area contributed by atoms with Crippen molar-refractivity contribution in [3.05, 3.63) is 71.3 Å². The third-order valence-corrected chi connectivity index (χ3v) is 6.03. The number of hydrogen-bond acceptors (Lipinski definition) is 6. The van der Waals surface area contributed by atoms with Gasteiger partial charge < -0.3 is 9.47 Å². The predicted molar refractivity (Wildman–Crippen MR) is 113 cm³/mol. The van der Waals surface area contributed by atoms with Crippen LogP contribution in [-0.4, -0.2) is 42.8 Å². The van der Waals surface area contributed by atoms with Crippen molar-refractivity contribution in [3.63, 3.8) is 0 Å². The first-order valence-electron chi connectivity index (χ1n) is 9.56. The maximum atomic E-state index is 12.9. The van der Waals surface area contributed by atoms with Gasteiger partial charge in [-0.3, -0.25) is 19.9 Å². The van der Waals surface area contributed by atoms with Crippen molar-refractivity contribution in [2.45, 2.75) is 19.5 Å². The molecule has 0 fully saturated rings. The van der Waals surface area contributed by atoms with E-state index in [2.05, 4.69) is 20.3 Å². The molecule has 1 aliphatic rings. The van der Waals surface area contributed by atoms with E-state index in [1.54, 1.807) is 30.7 Å². The molecule has 0 saturated carbocycles. The van der Waals surface area contributed by atoms with Crippen molar-refractivity contribution in [1.29, 1.82) is 0 Å². The van der Waals surface area contributed by atoms with Gasteiger partial charge >= 0.3 is 0 Å². The number of benzene rings is 1. The van der Waals surface area contributed by atoms with Crippen LogP contribution in [0.4, 0.5) is 5.13 Å². The molecule has 0 spiro atoms. The zero-order valence-corrected chi connectivity index (χ0v) is 16.8. The number of fused-ring (bicyclic) bond motifs is 2. The number of rotatable bonds is 4. The molecule has 2 amide bonds. The fraction of sp³-hybridized carbons (Fsp3) is 0.190. The molecule has 8 nitrogen and oxygen atoms in total. The Labute approximate surface area is 176 Å². The SMILES string of the molecule is O=C(Nc1nc2c(s1)CN(C(=O)Cn1cnc3ccccc31)CC2)c1ccccn1. The largest absolute Gasteiger partial charge is 0.336 e. The normalized spacial score (nSPS) is 13.3. The van der Waals surface area contributed by atoms with Gasteiger partial charge in [-0.05, 0) is 24.3 Å². The summed E-state index contributed by atoms with van der Waals surface area (Å²) in [4.78, 5) is 40.9. The van der Waals surface area contributed by atoms with Crippen LogP contribution in [0.1, 0.15) is 21.1 Å². The van der Waals surface area contributed by atoms with Crippen LogP contribution in [0, 0.1) is 0 Å². The van der Waals surface area contributed by atoms with Crippen molar-refractivity contribution >= 4 is 39.3 Å². The highest BCUT2D eigenvalue weighted by atomic mass is 32.1. The van der Waals surface area contributed by atoms with Gasteiger partial charge in [0.15, 0.2) is 5.13 Å². The van der Waals surface area contributed by atoms with Crippen molar-refractivity contribution in [2.24, 2.45) is 0 Å². The zero-order chi connectivity index (χ0) is 20.5. The van der Waals surface area contributed by atoms with Crippen molar-refractivity contribution in [1.82, 2.24) is 24.4 Å². The molecule has 4 aromatic rings. The van der Waals surface area contributed by atoms with Gasteiger partial charge in [0.05, 0.1) is 29.6 Å². The summed E-state index contributed by atoms with van der Waals surface area (Å²) >= 11 is 1.41. The molecule has 150 valence electrons. The van der Waals surface area contributed by atoms with Crippen molar-refractivity contribution in [2.75, 3.05) is 11.9 Å². The lowest BCUT2D eigenvalue weighted by atomic mass is 10.2. The Balaban J connectivity index is 1.27. The summed E-state index contributed by atoms with van der Waals surface area (Å²) in [6.45, 7) is 1.35. The molecule has 0 bridgehead atoms. The molecular weight excluding hydrogens is 400 g/mol. The van der Waals surface area contributed by atoms with Gasteiger partial charge in [0, 0.05) is 24.0 Å². The monoisotopic (exact) mass is 418 g/mol. The Kier molecular flexibility index (Phi) is 4.72. The van der Waals surface area contributed by atoms with Crippen LogP contribution < -0.4 is 5.32 Å². The van der Waals surface area contributed by atoms with E-state index in [1.165, 1.54) is 11.3 Å². The van der Waals surface area contributed by atoms with Crippen molar-refractivity contribution in [3.8, 4) is 0 Å². The van der Waals surface area contributed by atoms with E-state index < -0.39 is 0 Å². The average Bonchev–Trinajstić information content (AvgIpc) is 3.37. The number of carbonyl (C=O) groups excluding carboxylic acids is 2. The standard InChI is InChI=1S/C21H18N6O2S/c28-19(12-27-13-23-14-5-1-2-7-17(14)27)26-10-8-15-18(11-26)30-21(24-15)25-20(29)16-6-3-4-9-22-16/h1-7,9,13H,8,10-12H2,(H,24,25,29). The Morgan fingerprint density at radius 3 is 2.83 bits per heavy atom. The lowest BCUT2D eigenvalue weighted by Crippen LogP contribution is -2.37. The van der Waals surface area contributed by atoms with E-state index in [-0.39, 0.29) is 18.4 Å². The zero-order valence-electron chi connectivity index (χ0n) is 16.0. The number of aromatic nitrogens is 4. The minimum atomic E-state index is -0.290. The van der Waals surface area contributed by atoms with Crippen LogP contribution in [0.15, 0.2) is 55.0 Å². The van der Waals surface area contributed by atoms with E-state index in [1.807, 2.05) is 33.7 Å². The van der Waals surface area contributed by atoms with Crippen LogP contribution in [-0.2, 0) is 24.3 Å². The summed E-state index contributed by atoms with van der Waals surface area (Å²) in [5.74, 6) is -0.252. The Bertz CT molecular complexity index is 1230. The van der Waals surface area contributed by atoms with E-state index in [0.717, 1.165) is 21.6 Å². The number of anilines is 1. The number of carbonyl (C=O) groups is 2. The molecule has 1 aliphatic heterocycles. The predicted octanol–water partition coefficient (Wildman–Crippen LogP) is 2.73. The highest BCUT2D eigenvalue weighted by molar-refractivity contribution is 7.15. The molecule has 5 rings (SSSR count). The number of pyridine rings is 1. The second kappa shape index (κ2) is 7.68. The molecule has 0 atom stereocenters. The third-order valence-electron chi connectivity index (χ3n) is 5.03. The topological polar surface area (TPSA) is 93.0 Å². The number of nitrogens with zero attached hydrogens (tertiary/aromatic N) is 5. The Morgan fingerprint density at radius 1 is 1.10 bits per heavy atom. The third kappa shape index (κ3) is 3.55. The van der Waals surface area contributed by atoms with E-state index in [0.29, 0.717) is 30.3 Å². The average molecular weight is 418 g/mol. The summed E-state index contributed by atoms with van der Waals surface area (Å²) in [5.41, 5.74) is 3.10. The van der Waals surface area contributed by atoms with Gasteiger partial charge in [0.1, 0.15) is 12.2 Å². The minimum Gasteiger partial charge on any atom is -0.336 e. The number of nitrogens with one attached hydrogen (secondary N) is 1. The van der Waals surface area contributed by atoms with E-state index in [4.69, 9.17) is 0 Å². The molecule has 3 aromatic heterocycles. The lowest BCUT2D eigenvalue weighted by Gasteiger charge is -2.26. The van der Waals surface area contributed by atoms with E-state index >= 15 is 0 Å². The maximum absolute atomic E-state index is 12.9. The molecule has 1 N–H and O–H groups in total. The summed E-state index contributed by atoms with van der Waals surface area (Å²) < 4.78 is 1.87. The second-order valence-corrected chi connectivity index (χ2v) is 8.07. The quantitative estimate of drug-likeness (QED) is 0.550. The maximum Gasteiger partial charge on any atom is 0.276 e. The highest BCUT2D eigenvalue weighted by Crippen LogP contribution is 2.29. The van der Waals surface area contributed by atoms with Gasteiger partial charge in [0.2, 0.25) is 5.91 Å². The van der Waals surface area contributed by atoms with Gasteiger partial charge in [-0.2, -0.15) is 0 Å². The first kappa shape index (κ1) is 18.4. The van der Waals surface area contributed by atoms with Crippen LogP contribution in [0.25, 0.3) is 11.0 Å². The van der Waals surface area contributed by atoms with Gasteiger partial charge in [0.25, 0.3) is 5.91 Å². The molecule has 9 heteroatoms. The van der Waals surface area contributed by atoms with Crippen LogP contribution in [0.2, 0.25) is 0 Å². The van der Waals surface area contributed by atoms with Gasteiger partial charge in [-0.15, -0.1) is 0 Å². The van der Waals surface area contributed by atoms with Crippen LogP contribution in [0.3, 0.4) is 0 Å². The number of thiazole rings is 1. The fourth-order valence-electron chi connectivity index (χ4n) is 3.50. The van der Waals surface area contributed by atoms with Crippen LogP contribution in [0.5, 0.6) is 0 Å². The van der Waals surface area contributed by atoms with Gasteiger partial charge in [-0.1, -0.05) is 29.5 Å². The molecule has 4 heterocycles. The molecule has 1 aromatic carbocycles. The summed E-state index contributed by atoms with van der Waals surface area (Å²) in [6.07, 6.45) is 3.95. The lowest BCUT2D eigenvalue weighted by molar-refractivity contribution is -0.132. The summed E-state index contributed by atoms with van der Waals surface area (Å²) in [5, 5.41) is 3.34. The molecule has 0 unspecified atom stereocenters. The molecular formula is C21H18N6O2S. The first-order valence-corrected chi connectivity index (χ1v) is 10.4. The number of hydrogen-bond donors (Lipinski definition) is 1. The first-order chi connectivity index (χ1) is 14.7. The highest BCUT2D eigenvalue weighted by Gasteiger charge is 2.25. The molecule has 30 heavy (non-hydrogen) atoms. The molecule has 0 radical (unpaired) electrons. The van der Waals surface area contributed by atoms with Crippen LogP contribution >= 0.6 is 11.3 Å². The number of para-hydroxylation sites is 2. The Morgan fingerprint density at radius 2 is 1.97 bits per heavy atom. The summed E-state index contributed by atoms with van der Waals surface area (Å²) in [6, 6.07) is 12.9. The fourth-order valence-corrected chi connectivity index (χ4v) is 4.52. The van der Waals surface area contributed by atoms with Crippen molar-refractivity contribution < 1.29 is 9.59 Å². The smallest absolute Gasteiger partial charge is 0.276 e. The van der Waals surface area contributed by atoms with E-state index in [9.17, 15) is 9.59 Å². The Hall–Kier alpha value is -3.59. The number of amides is 2.